The van der Waals surface area contributed by atoms with Gasteiger partial charge in [-0.1, -0.05) is 38.1 Å². The number of nitrogens with zero attached hydrogens (tertiary/aromatic N) is 3. The van der Waals surface area contributed by atoms with Crippen LogP contribution in [0.4, 0.5) is 0 Å². The summed E-state index contributed by atoms with van der Waals surface area (Å²) in [5.41, 5.74) is 3.53. The fourth-order valence-corrected chi connectivity index (χ4v) is 2.80. The van der Waals surface area contributed by atoms with Crippen molar-refractivity contribution in [2.24, 2.45) is 0 Å². The van der Waals surface area contributed by atoms with Crippen LogP contribution >= 0.6 is 0 Å². The van der Waals surface area contributed by atoms with Crippen LogP contribution in [0.1, 0.15) is 41.5 Å². The minimum Gasteiger partial charge on any atom is -0.341 e. The number of para-hydroxylation sites is 1. The van der Waals surface area contributed by atoms with Crippen molar-refractivity contribution in [2.75, 3.05) is 13.6 Å². The van der Waals surface area contributed by atoms with Gasteiger partial charge in [-0.3, -0.25) is 14.8 Å². The standard InChI is InChI=1S/C21H23N3O/c1-15(2)20-14-18(17-9-4-5-10-19(17)23-20)21(25)24(3)13-11-16-8-6-7-12-22-16/h4-10,12,14-15H,11,13H2,1-3H3. The van der Waals surface area contributed by atoms with Crippen LogP contribution in [0.2, 0.25) is 0 Å². The molecule has 4 nitrogen and oxygen atoms in total. The van der Waals surface area contributed by atoms with Crippen molar-refractivity contribution in [3.8, 4) is 0 Å². The number of pyridine rings is 2. The lowest BCUT2D eigenvalue weighted by atomic mass is 10.0. The molecule has 0 spiro atoms. The van der Waals surface area contributed by atoms with Gasteiger partial charge >= 0.3 is 0 Å². The van der Waals surface area contributed by atoms with E-state index in [1.165, 1.54) is 0 Å². The van der Waals surface area contributed by atoms with Gasteiger partial charge in [-0.25, -0.2) is 0 Å². The smallest absolute Gasteiger partial charge is 0.254 e. The Labute approximate surface area is 148 Å². The van der Waals surface area contributed by atoms with E-state index in [0.717, 1.165) is 34.3 Å². The molecule has 4 heteroatoms. The van der Waals surface area contributed by atoms with Crippen LogP contribution in [0, 0.1) is 0 Å². The number of carbonyl (C=O) groups is 1. The minimum absolute atomic E-state index is 0.0245. The maximum Gasteiger partial charge on any atom is 0.254 e. The molecule has 0 fully saturated rings. The number of hydrogen-bond donors (Lipinski definition) is 0. The second-order valence-electron chi connectivity index (χ2n) is 6.56. The van der Waals surface area contributed by atoms with Gasteiger partial charge in [0.25, 0.3) is 5.91 Å². The highest BCUT2D eigenvalue weighted by atomic mass is 16.2. The molecule has 0 N–H and O–H groups in total. The quantitative estimate of drug-likeness (QED) is 0.707. The summed E-state index contributed by atoms with van der Waals surface area (Å²) in [6, 6.07) is 15.6. The third-order valence-corrected chi connectivity index (χ3v) is 4.33. The second-order valence-corrected chi connectivity index (χ2v) is 6.56. The fraction of sp³-hybridized carbons (Fsp3) is 0.286. The van der Waals surface area contributed by atoms with Gasteiger partial charge in [0, 0.05) is 43.0 Å². The van der Waals surface area contributed by atoms with E-state index in [-0.39, 0.29) is 11.8 Å². The number of carbonyl (C=O) groups excluding carboxylic acids is 1. The zero-order chi connectivity index (χ0) is 17.8. The Morgan fingerprint density at radius 1 is 1.12 bits per heavy atom. The third kappa shape index (κ3) is 3.85. The van der Waals surface area contributed by atoms with Crippen LogP contribution < -0.4 is 0 Å². The first-order valence-electron chi connectivity index (χ1n) is 8.61. The average molecular weight is 333 g/mol. The van der Waals surface area contributed by atoms with Crippen LogP contribution in [0.15, 0.2) is 54.7 Å². The molecule has 25 heavy (non-hydrogen) atoms. The Kier molecular flexibility index (Phi) is 5.08. The van der Waals surface area contributed by atoms with Crippen molar-refractivity contribution in [3.05, 3.63) is 71.7 Å². The van der Waals surface area contributed by atoms with Crippen LogP contribution in [0.5, 0.6) is 0 Å². The summed E-state index contributed by atoms with van der Waals surface area (Å²) in [6.45, 7) is 4.82. The molecule has 0 aliphatic carbocycles. The van der Waals surface area contributed by atoms with Gasteiger partial charge in [0.1, 0.15) is 0 Å². The first kappa shape index (κ1) is 17.1. The van der Waals surface area contributed by atoms with Gasteiger partial charge in [-0.05, 0) is 30.2 Å². The predicted molar refractivity (Wildman–Crippen MR) is 101 cm³/mol. The maximum absolute atomic E-state index is 13.0. The van der Waals surface area contributed by atoms with Crippen LogP contribution in [0.3, 0.4) is 0 Å². The van der Waals surface area contributed by atoms with Gasteiger partial charge in [0.15, 0.2) is 0 Å². The van der Waals surface area contributed by atoms with Crippen molar-refractivity contribution in [1.82, 2.24) is 14.9 Å². The molecule has 0 bridgehead atoms. The highest BCUT2D eigenvalue weighted by molar-refractivity contribution is 6.06. The Morgan fingerprint density at radius 2 is 1.88 bits per heavy atom. The summed E-state index contributed by atoms with van der Waals surface area (Å²) in [7, 11) is 1.84. The number of benzene rings is 1. The van der Waals surface area contributed by atoms with Crippen LogP contribution in [0.25, 0.3) is 10.9 Å². The summed E-state index contributed by atoms with van der Waals surface area (Å²) in [5.74, 6) is 0.298. The second kappa shape index (κ2) is 7.43. The van der Waals surface area contributed by atoms with Crippen molar-refractivity contribution in [2.45, 2.75) is 26.2 Å². The van der Waals surface area contributed by atoms with Gasteiger partial charge in [-0.2, -0.15) is 0 Å². The normalized spacial score (nSPS) is 11.0. The first-order valence-corrected chi connectivity index (χ1v) is 8.61. The number of aromatic nitrogens is 2. The van der Waals surface area contributed by atoms with Crippen molar-refractivity contribution >= 4 is 16.8 Å². The largest absolute Gasteiger partial charge is 0.341 e. The highest BCUT2D eigenvalue weighted by Gasteiger charge is 2.17. The molecular formula is C21H23N3O. The van der Waals surface area contributed by atoms with E-state index in [0.29, 0.717) is 6.54 Å². The topological polar surface area (TPSA) is 46.1 Å². The number of amides is 1. The first-order chi connectivity index (χ1) is 12.1. The van der Waals surface area contributed by atoms with E-state index in [1.54, 1.807) is 11.1 Å². The molecule has 3 rings (SSSR count). The minimum atomic E-state index is 0.0245. The monoisotopic (exact) mass is 333 g/mol. The van der Waals surface area contributed by atoms with Crippen molar-refractivity contribution < 1.29 is 4.79 Å². The summed E-state index contributed by atoms with van der Waals surface area (Å²) in [6.07, 6.45) is 2.52. The molecule has 1 amide bonds. The van der Waals surface area contributed by atoms with Gasteiger partial charge < -0.3 is 4.90 Å². The molecule has 128 valence electrons. The highest BCUT2D eigenvalue weighted by Crippen LogP contribution is 2.23. The number of likely N-dealkylation sites (N-methyl/N-ethyl adjacent to an activating group) is 1. The lowest BCUT2D eigenvalue weighted by Crippen LogP contribution is -2.29. The third-order valence-electron chi connectivity index (χ3n) is 4.33. The van der Waals surface area contributed by atoms with E-state index >= 15 is 0 Å². The zero-order valence-electron chi connectivity index (χ0n) is 14.9. The Balaban J connectivity index is 1.87. The molecule has 2 aromatic heterocycles. The number of hydrogen-bond acceptors (Lipinski definition) is 3. The predicted octanol–water partition coefficient (Wildman–Crippen LogP) is 4.07. The molecule has 0 aliphatic rings. The van der Waals surface area contributed by atoms with E-state index in [9.17, 15) is 4.79 Å². The van der Waals surface area contributed by atoms with E-state index in [1.807, 2.05) is 55.6 Å². The number of rotatable bonds is 5. The van der Waals surface area contributed by atoms with E-state index in [2.05, 4.69) is 23.8 Å². The maximum atomic E-state index is 13.0. The summed E-state index contributed by atoms with van der Waals surface area (Å²) in [5, 5.41) is 0.904. The molecule has 0 saturated heterocycles. The van der Waals surface area contributed by atoms with Crippen molar-refractivity contribution in [3.63, 3.8) is 0 Å². The average Bonchev–Trinajstić information content (AvgIpc) is 2.65. The Bertz CT molecular complexity index is 875. The lowest BCUT2D eigenvalue weighted by Gasteiger charge is -2.19. The van der Waals surface area contributed by atoms with Gasteiger partial charge in [0.05, 0.1) is 11.1 Å². The molecule has 0 radical (unpaired) electrons. The molecule has 0 unspecified atom stereocenters. The van der Waals surface area contributed by atoms with E-state index < -0.39 is 0 Å². The number of fused-ring (bicyclic) bond motifs is 1. The lowest BCUT2D eigenvalue weighted by molar-refractivity contribution is 0.0798. The Hall–Kier alpha value is -2.75. The van der Waals surface area contributed by atoms with E-state index in [4.69, 9.17) is 0 Å². The molecular weight excluding hydrogens is 310 g/mol. The molecule has 0 saturated carbocycles. The zero-order valence-corrected chi connectivity index (χ0v) is 14.9. The fourth-order valence-electron chi connectivity index (χ4n) is 2.80. The molecule has 0 atom stereocenters. The van der Waals surface area contributed by atoms with Crippen LogP contribution in [-0.4, -0.2) is 34.4 Å². The SMILES string of the molecule is CC(C)c1cc(C(=O)N(C)CCc2ccccn2)c2ccccc2n1. The molecule has 3 aromatic rings. The molecule has 2 heterocycles. The van der Waals surface area contributed by atoms with Crippen LogP contribution in [-0.2, 0) is 6.42 Å². The summed E-state index contributed by atoms with van der Waals surface area (Å²) >= 11 is 0. The summed E-state index contributed by atoms with van der Waals surface area (Å²) < 4.78 is 0. The Morgan fingerprint density at radius 3 is 2.60 bits per heavy atom. The molecule has 1 aromatic carbocycles. The van der Waals surface area contributed by atoms with Crippen molar-refractivity contribution in [1.29, 1.82) is 0 Å². The summed E-state index contributed by atoms with van der Waals surface area (Å²) in [4.78, 5) is 23.8. The molecule has 0 aliphatic heterocycles. The van der Waals surface area contributed by atoms with Gasteiger partial charge in [-0.15, -0.1) is 0 Å². The van der Waals surface area contributed by atoms with Gasteiger partial charge in [0.2, 0.25) is 0 Å².